The Bertz CT molecular complexity index is 416. The van der Waals surface area contributed by atoms with Gasteiger partial charge in [-0.25, -0.2) is 9.18 Å². The molecule has 1 aromatic carbocycles. The van der Waals surface area contributed by atoms with Crippen molar-refractivity contribution in [2.45, 2.75) is 23.8 Å². The Labute approximate surface area is 103 Å². The molecule has 0 aliphatic carbocycles. The molecule has 0 aromatic heterocycles. The molecule has 1 aromatic rings. The minimum absolute atomic E-state index is 0.157. The fourth-order valence-corrected chi connectivity index (χ4v) is 2.92. The molecule has 5 heteroatoms. The molecule has 17 heavy (non-hydrogen) atoms. The summed E-state index contributed by atoms with van der Waals surface area (Å²) in [5.41, 5.74) is -0.240. The van der Waals surface area contributed by atoms with Gasteiger partial charge in [-0.05, 0) is 25.0 Å². The molecule has 3 nitrogen and oxygen atoms in total. The summed E-state index contributed by atoms with van der Waals surface area (Å²) in [7, 11) is 0. The van der Waals surface area contributed by atoms with Crippen molar-refractivity contribution in [3.63, 3.8) is 0 Å². The first kappa shape index (κ1) is 12.4. The molecular weight excluding hydrogens is 243 g/mol. The third kappa shape index (κ3) is 2.98. The smallest absolute Gasteiger partial charge is 0.339 e. The predicted molar refractivity (Wildman–Crippen MR) is 63.1 cm³/mol. The van der Waals surface area contributed by atoms with Crippen molar-refractivity contribution in [3.05, 3.63) is 29.6 Å². The monoisotopic (exact) mass is 256 g/mol. The van der Waals surface area contributed by atoms with Crippen molar-refractivity contribution in [3.8, 4) is 0 Å². The normalized spacial score (nSPS) is 19.5. The van der Waals surface area contributed by atoms with Crippen molar-refractivity contribution >= 4 is 17.7 Å². The van der Waals surface area contributed by atoms with E-state index in [1.54, 1.807) is 6.07 Å². The minimum atomic E-state index is -1.22. The van der Waals surface area contributed by atoms with Crippen molar-refractivity contribution in [1.29, 1.82) is 0 Å². The van der Waals surface area contributed by atoms with Crippen LogP contribution >= 0.6 is 11.8 Å². The SMILES string of the molecule is O=C(O)c1c(F)cccc1SCC1CCCO1. The number of hydrogen-bond acceptors (Lipinski definition) is 3. The van der Waals surface area contributed by atoms with Gasteiger partial charge in [-0.1, -0.05) is 6.07 Å². The van der Waals surface area contributed by atoms with Gasteiger partial charge in [-0.15, -0.1) is 11.8 Å². The molecule has 1 heterocycles. The molecule has 92 valence electrons. The van der Waals surface area contributed by atoms with E-state index in [-0.39, 0.29) is 11.7 Å². The van der Waals surface area contributed by atoms with Crippen molar-refractivity contribution in [1.82, 2.24) is 0 Å². The maximum absolute atomic E-state index is 13.4. The zero-order valence-corrected chi connectivity index (χ0v) is 10.0. The lowest BCUT2D eigenvalue weighted by atomic mass is 10.2. The van der Waals surface area contributed by atoms with E-state index in [0.29, 0.717) is 10.6 Å². The van der Waals surface area contributed by atoms with E-state index < -0.39 is 11.8 Å². The fraction of sp³-hybridized carbons (Fsp3) is 0.417. The quantitative estimate of drug-likeness (QED) is 0.841. The van der Waals surface area contributed by atoms with Crippen LogP contribution in [0.2, 0.25) is 0 Å². The number of carbonyl (C=O) groups is 1. The van der Waals surface area contributed by atoms with Crippen LogP contribution < -0.4 is 0 Å². The zero-order chi connectivity index (χ0) is 12.3. The number of carboxylic acid groups (broad SMARTS) is 1. The molecule has 1 fully saturated rings. The Kier molecular flexibility index (Phi) is 4.02. The highest BCUT2D eigenvalue weighted by Crippen LogP contribution is 2.28. The minimum Gasteiger partial charge on any atom is -0.478 e. The van der Waals surface area contributed by atoms with Crippen LogP contribution in [0.5, 0.6) is 0 Å². The average molecular weight is 256 g/mol. The molecule has 0 radical (unpaired) electrons. The third-order valence-electron chi connectivity index (χ3n) is 2.64. The van der Waals surface area contributed by atoms with Crippen molar-refractivity contribution < 1.29 is 19.0 Å². The first-order chi connectivity index (χ1) is 8.18. The van der Waals surface area contributed by atoms with Crippen LogP contribution in [0.1, 0.15) is 23.2 Å². The van der Waals surface area contributed by atoms with Gasteiger partial charge in [-0.2, -0.15) is 0 Å². The van der Waals surface area contributed by atoms with Gasteiger partial charge in [0.15, 0.2) is 0 Å². The lowest BCUT2D eigenvalue weighted by Gasteiger charge is -2.10. The van der Waals surface area contributed by atoms with Crippen LogP contribution in [0, 0.1) is 5.82 Å². The summed E-state index contributed by atoms with van der Waals surface area (Å²) in [4.78, 5) is 11.4. The lowest BCUT2D eigenvalue weighted by molar-refractivity contribution is 0.0687. The van der Waals surface area contributed by atoms with Crippen LogP contribution in [-0.4, -0.2) is 29.5 Å². The zero-order valence-electron chi connectivity index (χ0n) is 9.19. The Morgan fingerprint density at radius 1 is 1.59 bits per heavy atom. The second kappa shape index (κ2) is 5.51. The highest BCUT2D eigenvalue weighted by atomic mass is 32.2. The number of hydrogen-bond donors (Lipinski definition) is 1. The molecular formula is C12H13FO3S. The lowest BCUT2D eigenvalue weighted by Crippen LogP contribution is -2.09. The van der Waals surface area contributed by atoms with Crippen LogP contribution in [0.3, 0.4) is 0 Å². The van der Waals surface area contributed by atoms with E-state index in [4.69, 9.17) is 9.84 Å². The third-order valence-corrected chi connectivity index (χ3v) is 3.83. The number of ether oxygens (including phenoxy) is 1. The molecule has 0 bridgehead atoms. The van der Waals surface area contributed by atoms with Gasteiger partial charge in [0.1, 0.15) is 11.4 Å². The Balaban J connectivity index is 2.09. The number of aromatic carboxylic acids is 1. The van der Waals surface area contributed by atoms with E-state index in [1.165, 1.54) is 23.9 Å². The van der Waals surface area contributed by atoms with Gasteiger partial charge in [0.2, 0.25) is 0 Å². The van der Waals surface area contributed by atoms with Gasteiger partial charge in [-0.3, -0.25) is 0 Å². The Morgan fingerprint density at radius 2 is 2.41 bits per heavy atom. The average Bonchev–Trinajstić information content (AvgIpc) is 2.78. The Morgan fingerprint density at radius 3 is 3.06 bits per heavy atom. The van der Waals surface area contributed by atoms with Crippen LogP contribution in [0.25, 0.3) is 0 Å². The second-order valence-corrected chi connectivity index (χ2v) is 4.93. The van der Waals surface area contributed by atoms with Crippen LogP contribution in [0.15, 0.2) is 23.1 Å². The van der Waals surface area contributed by atoms with E-state index in [9.17, 15) is 9.18 Å². The predicted octanol–water partition coefficient (Wildman–Crippen LogP) is 2.80. The first-order valence-corrected chi connectivity index (χ1v) is 6.43. The van der Waals surface area contributed by atoms with Crippen molar-refractivity contribution in [2.75, 3.05) is 12.4 Å². The number of thioether (sulfide) groups is 1. The second-order valence-electron chi connectivity index (χ2n) is 3.86. The van der Waals surface area contributed by atoms with Crippen molar-refractivity contribution in [2.24, 2.45) is 0 Å². The van der Waals surface area contributed by atoms with Gasteiger partial charge in [0.25, 0.3) is 0 Å². The van der Waals surface area contributed by atoms with E-state index in [1.807, 2.05) is 0 Å². The van der Waals surface area contributed by atoms with E-state index in [0.717, 1.165) is 19.4 Å². The molecule has 1 aliphatic heterocycles. The number of halogens is 1. The largest absolute Gasteiger partial charge is 0.478 e. The summed E-state index contributed by atoms with van der Waals surface area (Å²) in [6.07, 6.45) is 2.19. The summed E-state index contributed by atoms with van der Waals surface area (Å²) < 4.78 is 18.8. The van der Waals surface area contributed by atoms with E-state index in [2.05, 4.69) is 0 Å². The maximum Gasteiger partial charge on any atom is 0.339 e. The summed E-state index contributed by atoms with van der Waals surface area (Å²) in [6.45, 7) is 0.764. The molecule has 0 amide bonds. The van der Waals surface area contributed by atoms with Crippen LogP contribution in [0.4, 0.5) is 4.39 Å². The summed E-state index contributed by atoms with van der Waals surface area (Å²) in [6, 6.07) is 4.32. The highest BCUT2D eigenvalue weighted by molar-refractivity contribution is 7.99. The van der Waals surface area contributed by atoms with Gasteiger partial charge in [0.05, 0.1) is 6.10 Å². The number of carboxylic acids is 1. The van der Waals surface area contributed by atoms with Crippen LogP contribution in [-0.2, 0) is 4.74 Å². The van der Waals surface area contributed by atoms with E-state index >= 15 is 0 Å². The number of benzene rings is 1. The molecule has 1 N–H and O–H groups in total. The molecule has 1 unspecified atom stereocenters. The molecule has 0 saturated carbocycles. The van der Waals surface area contributed by atoms with Gasteiger partial charge < -0.3 is 9.84 Å². The molecule has 1 atom stereocenters. The molecule has 1 aliphatic rings. The van der Waals surface area contributed by atoms with Gasteiger partial charge >= 0.3 is 5.97 Å². The Hall–Kier alpha value is -1.07. The number of rotatable bonds is 4. The molecule has 1 saturated heterocycles. The topological polar surface area (TPSA) is 46.5 Å². The highest BCUT2D eigenvalue weighted by Gasteiger charge is 2.19. The first-order valence-electron chi connectivity index (χ1n) is 5.44. The van der Waals surface area contributed by atoms with Gasteiger partial charge in [0, 0.05) is 17.3 Å². The molecule has 0 spiro atoms. The summed E-state index contributed by atoms with van der Waals surface area (Å²) >= 11 is 1.34. The summed E-state index contributed by atoms with van der Waals surface area (Å²) in [5, 5.41) is 8.95. The fourth-order valence-electron chi connectivity index (χ4n) is 1.79. The maximum atomic E-state index is 13.4. The standard InChI is InChI=1S/C12H13FO3S/c13-9-4-1-5-10(11(9)12(14)15)17-7-8-3-2-6-16-8/h1,4-5,8H,2-3,6-7H2,(H,14,15). The molecule has 2 rings (SSSR count). The summed E-state index contributed by atoms with van der Waals surface area (Å²) in [5.74, 6) is -1.24.